The summed E-state index contributed by atoms with van der Waals surface area (Å²) in [6, 6.07) is 5.94. The van der Waals surface area contributed by atoms with Gasteiger partial charge < -0.3 is 16.0 Å². The molecule has 1 atom stereocenters. The Bertz CT molecular complexity index is 1540. The number of piperidine rings is 1. The van der Waals surface area contributed by atoms with Crippen molar-refractivity contribution in [2.24, 2.45) is 5.41 Å². The molecule has 2 aliphatic rings. The molecule has 38 heavy (non-hydrogen) atoms. The lowest BCUT2D eigenvalue weighted by Gasteiger charge is -2.40. The van der Waals surface area contributed by atoms with E-state index in [9.17, 15) is 0 Å². The van der Waals surface area contributed by atoms with Crippen LogP contribution in [0.1, 0.15) is 50.3 Å². The largest absolute Gasteiger partial charge is 0.366 e. The summed E-state index contributed by atoms with van der Waals surface area (Å²) in [4.78, 5) is 19.0. The van der Waals surface area contributed by atoms with E-state index in [1.54, 1.807) is 35.5 Å². The average Bonchev–Trinajstić information content (AvgIpc) is 3.67. The monoisotopic (exact) mass is 505 g/mol. The Balaban J connectivity index is 1.35. The normalized spacial score (nSPS) is 18.9. The molecule has 4 aromatic rings. The molecule has 1 unspecified atom stereocenters. The van der Waals surface area contributed by atoms with Gasteiger partial charge in [-0.2, -0.15) is 5.10 Å². The zero-order valence-electron chi connectivity index (χ0n) is 21.6. The smallest absolute Gasteiger partial charge is 0.162 e. The van der Waals surface area contributed by atoms with E-state index in [4.69, 9.17) is 16.4 Å². The molecule has 3 N–H and O–H groups in total. The van der Waals surface area contributed by atoms with Crippen molar-refractivity contribution in [3.8, 4) is 23.7 Å². The Morgan fingerprint density at radius 3 is 2.87 bits per heavy atom. The fourth-order valence-electron chi connectivity index (χ4n) is 5.04. The molecule has 1 aliphatic heterocycles. The molecule has 1 saturated carbocycles. The predicted octanol–water partition coefficient (Wildman–Crippen LogP) is 4.48. The van der Waals surface area contributed by atoms with Crippen LogP contribution < -0.4 is 16.0 Å². The van der Waals surface area contributed by atoms with Crippen molar-refractivity contribution in [1.29, 1.82) is 0 Å². The lowest BCUT2D eigenvalue weighted by atomic mass is 9.80. The summed E-state index contributed by atoms with van der Waals surface area (Å²) in [6.07, 6.45) is 19.7. The molecule has 0 amide bonds. The highest BCUT2D eigenvalue weighted by Gasteiger charge is 2.34. The number of terminal acetylenes is 1. The van der Waals surface area contributed by atoms with Crippen molar-refractivity contribution in [1.82, 2.24) is 35.0 Å². The molecule has 0 bridgehead atoms. The standard InChI is InChI=1S/C29H31N9/c1-4-21-8-12-34-38(21)14-13-33-25-15-20(7-11-32-25)27-35-23-17-31-16-22(19-5-6-19)26(23)28(37-27)36-24-9-10-30-18-29(24,2)3/h1,7-8,11-17,19,24,30H,5-6,9-10,18H2,2-3H3,(H,32,33)(H,35,36,37)/b14-13+. The molecule has 5 heterocycles. The molecular weight excluding hydrogens is 474 g/mol. The second-order valence-corrected chi connectivity index (χ2v) is 10.6. The van der Waals surface area contributed by atoms with Gasteiger partial charge in [-0.1, -0.05) is 19.8 Å². The van der Waals surface area contributed by atoms with E-state index >= 15 is 0 Å². The topological polar surface area (TPSA) is 105 Å². The van der Waals surface area contributed by atoms with Crippen molar-refractivity contribution in [2.75, 3.05) is 23.7 Å². The van der Waals surface area contributed by atoms with Gasteiger partial charge in [0, 0.05) is 48.3 Å². The summed E-state index contributed by atoms with van der Waals surface area (Å²) < 4.78 is 1.62. The van der Waals surface area contributed by atoms with Crippen molar-refractivity contribution in [3.05, 3.63) is 60.4 Å². The first-order valence-electron chi connectivity index (χ1n) is 13.0. The van der Waals surface area contributed by atoms with Crippen LogP contribution in [-0.2, 0) is 0 Å². The third-order valence-corrected chi connectivity index (χ3v) is 7.38. The summed E-state index contributed by atoms with van der Waals surface area (Å²) >= 11 is 0. The quantitative estimate of drug-likeness (QED) is 0.316. The van der Waals surface area contributed by atoms with Gasteiger partial charge >= 0.3 is 0 Å². The van der Waals surface area contributed by atoms with Crippen LogP contribution in [0.15, 0.2) is 49.2 Å². The maximum atomic E-state index is 5.51. The number of aromatic nitrogens is 6. The Hall–Kier alpha value is -4.29. The molecule has 0 radical (unpaired) electrons. The van der Waals surface area contributed by atoms with E-state index in [1.807, 2.05) is 24.5 Å². The van der Waals surface area contributed by atoms with Gasteiger partial charge in [-0.15, -0.1) is 6.42 Å². The first kappa shape index (κ1) is 24.1. The number of nitrogens with one attached hydrogen (secondary N) is 3. The van der Waals surface area contributed by atoms with Gasteiger partial charge in [-0.25, -0.2) is 19.6 Å². The van der Waals surface area contributed by atoms with E-state index in [0.29, 0.717) is 29.3 Å². The highest BCUT2D eigenvalue weighted by Crippen LogP contribution is 2.44. The molecule has 192 valence electrons. The third-order valence-electron chi connectivity index (χ3n) is 7.38. The number of fused-ring (bicyclic) bond motifs is 1. The van der Waals surface area contributed by atoms with Gasteiger partial charge in [0.25, 0.3) is 0 Å². The van der Waals surface area contributed by atoms with Crippen LogP contribution in [0.5, 0.6) is 0 Å². The van der Waals surface area contributed by atoms with E-state index in [1.165, 1.54) is 18.4 Å². The number of hydrogen-bond donors (Lipinski definition) is 3. The van der Waals surface area contributed by atoms with Crippen molar-refractivity contribution >= 4 is 28.7 Å². The van der Waals surface area contributed by atoms with E-state index in [-0.39, 0.29) is 5.41 Å². The minimum Gasteiger partial charge on any atom is -0.366 e. The minimum absolute atomic E-state index is 0.0937. The lowest BCUT2D eigenvalue weighted by molar-refractivity contribution is 0.236. The van der Waals surface area contributed by atoms with E-state index < -0.39 is 0 Å². The second-order valence-electron chi connectivity index (χ2n) is 10.6. The fourth-order valence-corrected chi connectivity index (χ4v) is 5.04. The first-order valence-corrected chi connectivity index (χ1v) is 13.0. The molecule has 2 fully saturated rings. The molecule has 0 aromatic carbocycles. The Kier molecular flexibility index (Phi) is 6.26. The summed E-state index contributed by atoms with van der Waals surface area (Å²) in [6.45, 7) is 6.55. The minimum atomic E-state index is 0.0937. The molecule has 0 spiro atoms. The van der Waals surface area contributed by atoms with Crippen LogP contribution in [0.3, 0.4) is 0 Å². The van der Waals surface area contributed by atoms with Crippen LogP contribution in [0.25, 0.3) is 28.5 Å². The molecule has 9 heteroatoms. The number of pyridine rings is 2. The molecule has 1 aliphatic carbocycles. The fraction of sp³-hybridized carbons (Fsp3) is 0.345. The summed E-state index contributed by atoms with van der Waals surface area (Å²) in [5.41, 5.74) is 3.74. The van der Waals surface area contributed by atoms with Crippen LogP contribution in [-0.4, -0.2) is 48.8 Å². The lowest BCUT2D eigenvalue weighted by Crippen LogP contribution is -2.49. The molecule has 6 rings (SSSR count). The maximum Gasteiger partial charge on any atom is 0.162 e. The maximum absolute atomic E-state index is 5.51. The van der Waals surface area contributed by atoms with Gasteiger partial charge in [-0.05, 0) is 60.9 Å². The Morgan fingerprint density at radius 1 is 1.16 bits per heavy atom. The molecular formula is C29H31N9. The van der Waals surface area contributed by atoms with E-state index in [2.05, 4.69) is 50.8 Å². The highest BCUT2D eigenvalue weighted by molar-refractivity contribution is 5.93. The van der Waals surface area contributed by atoms with Crippen molar-refractivity contribution < 1.29 is 0 Å². The third kappa shape index (κ3) is 4.83. The van der Waals surface area contributed by atoms with Gasteiger partial charge in [0.1, 0.15) is 17.3 Å². The van der Waals surface area contributed by atoms with Gasteiger partial charge in [-0.3, -0.25) is 4.98 Å². The predicted molar refractivity (Wildman–Crippen MR) is 150 cm³/mol. The summed E-state index contributed by atoms with van der Waals surface area (Å²) in [7, 11) is 0. The highest BCUT2D eigenvalue weighted by atomic mass is 15.3. The number of rotatable bonds is 7. The second kappa shape index (κ2) is 9.88. The van der Waals surface area contributed by atoms with Crippen molar-refractivity contribution in [3.63, 3.8) is 0 Å². The van der Waals surface area contributed by atoms with Crippen LogP contribution in [0, 0.1) is 17.8 Å². The zero-order valence-corrected chi connectivity index (χ0v) is 21.6. The van der Waals surface area contributed by atoms with Crippen molar-refractivity contribution in [2.45, 2.75) is 45.1 Å². The van der Waals surface area contributed by atoms with Gasteiger partial charge in [0.2, 0.25) is 0 Å². The molecule has 9 nitrogen and oxygen atoms in total. The van der Waals surface area contributed by atoms with Gasteiger partial charge in [0.15, 0.2) is 5.82 Å². The van der Waals surface area contributed by atoms with Gasteiger partial charge in [0.05, 0.1) is 17.9 Å². The summed E-state index contributed by atoms with van der Waals surface area (Å²) in [5.74, 6) is 5.32. The first-order chi connectivity index (χ1) is 18.5. The summed E-state index contributed by atoms with van der Waals surface area (Å²) in [5, 5.41) is 15.8. The SMILES string of the molecule is C#Cc1ccnn1/C=C/Nc1cc(-c2nc(NC3CCNCC3(C)C)c3c(C4CC4)cncc3n2)ccn1. The van der Waals surface area contributed by atoms with Crippen LogP contribution in [0.2, 0.25) is 0 Å². The number of nitrogens with zero attached hydrogens (tertiary/aromatic N) is 6. The Morgan fingerprint density at radius 2 is 2.05 bits per heavy atom. The van der Waals surface area contributed by atoms with E-state index in [0.717, 1.165) is 41.8 Å². The Labute approximate surface area is 222 Å². The molecule has 4 aromatic heterocycles. The van der Waals surface area contributed by atoms with Crippen LogP contribution >= 0.6 is 0 Å². The average molecular weight is 506 g/mol. The zero-order chi connectivity index (χ0) is 26.1. The number of hydrogen-bond acceptors (Lipinski definition) is 8. The van der Waals surface area contributed by atoms with Crippen LogP contribution in [0.4, 0.5) is 11.6 Å². The molecule has 1 saturated heterocycles. The number of anilines is 2.